The highest BCUT2D eigenvalue weighted by atomic mass is 79.9. The lowest BCUT2D eigenvalue weighted by Gasteiger charge is -2.26. The first kappa shape index (κ1) is 21.1. The number of benzene rings is 2. The van der Waals surface area contributed by atoms with Gasteiger partial charge in [-0.15, -0.1) is 0 Å². The summed E-state index contributed by atoms with van der Waals surface area (Å²) < 4.78 is 38.2. The number of hydrogen-bond acceptors (Lipinski definition) is 5. The van der Waals surface area contributed by atoms with E-state index in [9.17, 15) is 13.2 Å². The molecule has 0 aliphatic carbocycles. The van der Waals surface area contributed by atoms with E-state index in [0.29, 0.717) is 42.8 Å². The monoisotopic (exact) mass is 488 g/mol. The number of amides is 1. The van der Waals surface area contributed by atoms with Gasteiger partial charge in [-0.3, -0.25) is 4.79 Å². The molecule has 1 aliphatic heterocycles. The Balaban J connectivity index is 1.64. The third-order valence-corrected chi connectivity index (χ3v) is 6.66. The predicted octanol–water partition coefficient (Wildman–Crippen LogP) is 3.14. The van der Waals surface area contributed by atoms with Gasteiger partial charge in [-0.2, -0.15) is 4.31 Å². The largest absolute Gasteiger partial charge is 0.482 e. The van der Waals surface area contributed by atoms with Crippen LogP contribution in [0.2, 0.25) is 5.02 Å². The topological polar surface area (TPSA) is 84.9 Å². The first-order valence-electron chi connectivity index (χ1n) is 8.42. The van der Waals surface area contributed by atoms with Crippen LogP contribution in [0, 0.1) is 0 Å². The molecular formula is C18H18BrClN2O5S. The quantitative estimate of drug-likeness (QED) is 0.674. The lowest BCUT2D eigenvalue weighted by molar-refractivity contribution is -0.118. The Kier molecular flexibility index (Phi) is 6.95. The number of hydrogen-bond donors (Lipinski definition) is 1. The fourth-order valence-electron chi connectivity index (χ4n) is 2.60. The maximum Gasteiger partial charge on any atom is 0.262 e. The summed E-state index contributed by atoms with van der Waals surface area (Å²) in [6.07, 6.45) is 0. The first-order valence-corrected chi connectivity index (χ1v) is 11.0. The van der Waals surface area contributed by atoms with Crippen LogP contribution in [0.25, 0.3) is 0 Å². The predicted molar refractivity (Wildman–Crippen MR) is 109 cm³/mol. The number of nitrogens with zero attached hydrogens (tertiary/aromatic N) is 1. The molecule has 0 atom stereocenters. The number of halogens is 2. The smallest absolute Gasteiger partial charge is 0.262 e. The minimum absolute atomic E-state index is 0.115. The summed E-state index contributed by atoms with van der Waals surface area (Å²) in [6.45, 7) is 1.08. The van der Waals surface area contributed by atoms with Gasteiger partial charge in [0, 0.05) is 23.2 Å². The van der Waals surface area contributed by atoms with E-state index in [4.69, 9.17) is 21.1 Å². The average Bonchev–Trinajstić information content (AvgIpc) is 2.68. The van der Waals surface area contributed by atoms with E-state index < -0.39 is 15.9 Å². The van der Waals surface area contributed by atoms with Crippen LogP contribution in [0.5, 0.6) is 5.75 Å². The second-order valence-corrected chi connectivity index (χ2v) is 9.22. The van der Waals surface area contributed by atoms with Gasteiger partial charge in [0.2, 0.25) is 10.0 Å². The minimum Gasteiger partial charge on any atom is -0.482 e. The summed E-state index contributed by atoms with van der Waals surface area (Å²) in [4.78, 5) is 12.3. The van der Waals surface area contributed by atoms with Crippen molar-refractivity contribution in [3.05, 3.63) is 52.0 Å². The van der Waals surface area contributed by atoms with E-state index in [2.05, 4.69) is 21.2 Å². The molecular weight excluding hydrogens is 472 g/mol. The maximum atomic E-state index is 12.7. The van der Waals surface area contributed by atoms with Crippen LogP contribution < -0.4 is 10.1 Å². The molecule has 0 bridgehead atoms. The molecule has 0 aromatic heterocycles. The number of carbonyl (C=O) groups excluding carboxylic acids is 1. The lowest BCUT2D eigenvalue weighted by atomic mass is 10.3. The molecule has 28 heavy (non-hydrogen) atoms. The third-order valence-electron chi connectivity index (χ3n) is 3.98. The standard InChI is InChI=1S/C18H18BrClN2O5S/c19-13-4-5-17(16(20)10-13)27-12-18(23)21-14-2-1-3-15(11-14)28(24,25)22-6-8-26-9-7-22/h1-5,10-11H,6-9,12H2,(H,21,23). The third kappa shape index (κ3) is 5.24. The van der Waals surface area contributed by atoms with Gasteiger partial charge in [-0.25, -0.2) is 8.42 Å². The van der Waals surface area contributed by atoms with Crippen molar-refractivity contribution in [2.45, 2.75) is 4.90 Å². The molecule has 0 unspecified atom stereocenters. The minimum atomic E-state index is -3.64. The van der Waals surface area contributed by atoms with Crippen LogP contribution in [-0.4, -0.2) is 51.5 Å². The maximum absolute atomic E-state index is 12.7. The summed E-state index contributed by atoms with van der Waals surface area (Å²) in [5.74, 6) is -0.0523. The molecule has 150 valence electrons. The van der Waals surface area contributed by atoms with Gasteiger partial charge in [0.1, 0.15) is 5.75 Å². The number of nitrogens with one attached hydrogen (secondary N) is 1. The van der Waals surface area contributed by atoms with Crippen molar-refractivity contribution in [3.63, 3.8) is 0 Å². The second kappa shape index (κ2) is 9.23. The van der Waals surface area contributed by atoms with E-state index in [1.54, 1.807) is 30.3 Å². The van der Waals surface area contributed by atoms with Crippen molar-refractivity contribution < 1.29 is 22.7 Å². The van der Waals surface area contributed by atoms with Crippen LogP contribution in [0.1, 0.15) is 0 Å². The number of sulfonamides is 1. The molecule has 0 spiro atoms. The normalized spacial score (nSPS) is 15.2. The molecule has 10 heteroatoms. The zero-order valence-corrected chi connectivity index (χ0v) is 17.9. The van der Waals surface area contributed by atoms with E-state index in [1.165, 1.54) is 16.4 Å². The SMILES string of the molecule is O=C(COc1ccc(Br)cc1Cl)Nc1cccc(S(=O)(=O)N2CCOCC2)c1. The molecule has 2 aromatic rings. The van der Waals surface area contributed by atoms with Crippen LogP contribution in [0.15, 0.2) is 51.8 Å². The summed E-state index contributed by atoms with van der Waals surface area (Å²) in [6, 6.07) is 11.2. The Morgan fingerprint density at radius 3 is 2.68 bits per heavy atom. The molecule has 1 aliphatic rings. The van der Waals surface area contributed by atoms with Gasteiger partial charge >= 0.3 is 0 Å². The van der Waals surface area contributed by atoms with Gasteiger partial charge < -0.3 is 14.8 Å². The van der Waals surface area contributed by atoms with Crippen LogP contribution in [0.4, 0.5) is 5.69 Å². The molecule has 0 saturated carbocycles. The van der Waals surface area contributed by atoms with Crippen molar-refractivity contribution >= 4 is 49.1 Å². The molecule has 3 rings (SSSR count). The zero-order valence-electron chi connectivity index (χ0n) is 14.7. The Hall–Kier alpha value is -1.65. The number of carbonyl (C=O) groups is 1. The first-order chi connectivity index (χ1) is 13.4. The summed E-state index contributed by atoms with van der Waals surface area (Å²) in [5.41, 5.74) is 0.366. The Bertz CT molecular complexity index is 964. The molecule has 1 saturated heterocycles. The summed E-state index contributed by atoms with van der Waals surface area (Å²) >= 11 is 9.34. The molecule has 1 fully saturated rings. The van der Waals surface area contributed by atoms with Gasteiger partial charge in [0.15, 0.2) is 6.61 Å². The molecule has 2 aromatic carbocycles. The Morgan fingerprint density at radius 2 is 1.96 bits per heavy atom. The highest BCUT2D eigenvalue weighted by Crippen LogP contribution is 2.27. The highest BCUT2D eigenvalue weighted by Gasteiger charge is 2.26. The van der Waals surface area contributed by atoms with Crippen molar-refractivity contribution in [2.24, 2.45) is 0 Å². The summed E-state index contributed by atoms with van der Waals surface area (Å²) in [7, 11) is -3.64. The highest BCUT2D eigenvalue weighted by molar-refractivity contribution is 9.10. The molecule has 1 amide bonds. The van der Waals surface area contributed by atoms with Crippen molar-refractivity contribution in [1.29, 1.82) is 0 Å². The van der Waals surface area contributed by atoms with E-state index >= 15 is 0 Å². The van der Waals surface area contributed by atoms with E-state index in [0.717, 1.165) is 4.47 Å². The molecule has 7 nitrogen and oxygen atoms in total. The van der Waals surface area contributed by atoms with Crippen molar-refractivity contribution in [1.82, 2.24) is 4.31 Å². The number of ether oxygens (including phenoxy) is 2. The second-order valence-electron chi connectivity index (χ2n) is 5.96. The average molecular weight is 490 g/mol. The van der Waals surface area contributed by atoms with Crippen molar-refractivity contribution in [3.8, 4) is 5.75 Å². The Morgan fingerprint density at radius 1 is 1.21 bits per heavy atom. The molecule has 0 radical (unpaired) electrons. The van der Waals surface area contributed by atoms with Gasteiger partial charge in [-0.1, -0.05) is 33.6 Å². The van der Waals surface area contributed by atoms with Crippen LogP contribution >= 0.6 is 27.5 Å². The van der Waals surface area contributed by atoms with Crippen LogP contribution in [-0.2, 0) is 19.6 Å². The molecule has 1 N–H and O–H groups in total. The fourth-order valence-corrected chi connectivity index (χ4v) is 4.79. The zero-order chi connectivity index (χ0) is 20.1. The van der Waals surface area contributed by atoms with E-state index in [-0.39, 0.29) is 11.5 Å². The number of rotatable bonds is 6. The van der Waals surface area contributed by atoms with Gasteiger partial charge in [0.05, 0.1) is 23.1 Å². The summed E-state index contributed by atoms with van der Waals surface area (Å²) in [5, 5.41) is 3.01. The van der Waals surface area contributed by atoms with Crippen molar-refractivity contribution in [2.75, 3.05) is 38.2 Å². The Labute approximate surface area is 176 Å². The van der Waals surface area contributed by atoms with E-state index in [1.807, 2.05) is 0 Å². The number of morpholine rings is 1. The molecule has 1 heterocycles. The lowest BCUT2D eigenvalue weighted by Crippen LogP contribution is -2.40. The van der Waals surface area contributed by atoms with Crippen LogP contribution in [0.3, 0.4) is 0 Å². The van der Waals surface area contributed by atoms with Gasteiger partial charge in [0.25, 0.3) is 5.91 Å². The van der Waals surface area contributed by atoms with Gasteiger partial charge in [-0.05, 0) is 36.4 Å². The number of anilines is 1. The fraction of sp³-hybridized carbons (Fsp3) is 0.278.